The molecule has 0 aliphatic heterocycles. The minimum atomic E-state index is -0.544. The minimum Gasteiger partial charge on any atom is -0.317 e. The lowest BCUT2D eigenvalue weighted by molar-refractivity contribution is 0.102. The van der Waals surface area contributed by atoms with Gasteiger partial charge in [-0.1, -0.05) is 12.1 Å². The summed E-state index contributed by atoms with van der Waals surface area (Å²) in [5, 5.41) is 11.0. The summed E-state index contributed by atoms with van der Waals surface area (Å²) in [5.41, 5.74) is 3.34. The van der Waals surface area contributed by atoms with Gasteiger partial charge in [-0.15, -0.1) is 16.8 Å². The maximum absolute atomic E-state index is 14.3. The largest absolute Gasteiger partial charge is 0.317 e. The number of benzene rings is 1. The quantitative estimate of drug-likeness (QED) is 0.327. The summed E-state index contributed by atoms with van der Waals surface area (Å²) < 4.78 is 17.5. The third kappa shape index (κ3) is 5.70. The Labute approximate surface area is 225 Å². The minimum absolute atomic E-state index is 0.0259. The maximum atomic E-state index is 14.3. The van der Waals surface area contributed by atoms with E-state index in [1.54, 1.807) is 48.4 Å². The molecule has 0 spiro atoms. The highest BCUT2D eigenvalue weighted by Crippen LogP contribution is 2.42. The summed E-state index contributed by atoms with van der Waals surface area (Å²) in [6.07, 6.45) is 6.92. The SMILES string of the molecule is C=CCn1cc(CN(C)C)cc(C(=O)Nc2cc(-c3ccc(F)cc3-c3nncn3C)cc(C3CC3)n2)c1=O. The van der Waals surface area contributed by atoms with Crippen LogP contribution >= 0.6 is 0 Å². The number of halogens is 1. The Bertz CT molecular complexity index is 1620. The molecular weight excluding hydrogens is 497 g/mol. The fourth-order valence-electron chi connectivity index (χ4n) is 4.61. The van der Waals surface area contributed by atoms with Gasteiger partial charge in [-0.2, -0.15) is 0 Å². The first-order chi connectivity index (χ1) is 18.7. The molecule has 1 N–H and O–H groups in total. The van der Waals surface area contributed by atoms with E-state index in [1.807, 2.05) is 25.1 Å². The average molecular weight is 528 g/mol. The molecule has 0 saturated heterocycles. The van der Waals surface area contributed by atoms with Crippen molar-refractivity contribution < 1.29 is 9.18 Å². The first kappa shape index (κ1) is 26.2. The smallest absolute Gasteiger partial charge is 0.263 e. The van der Waals surface area contributed by atoms with Gasteiger partial charge in [-0.25, -0.2) is 9.37 Å². The molecular formula is C29H30FN7O2. The summed E-state index contributed by atoms with van der Waals surface area (Å²) in [7, 11) is 5.63. The first-order valence-corrected chi connectivity index (χ1v) is 12.7. The molecule has 4 aromatic rings. The van der Waals surface area contributed by atoms with E-state index in [1.165, 1.54) is 16.7 Å². The third-order valence-corrected chi connectivity index (χ3v) is 6.54. The normalized spacial score (nSPS) is 13.1. The van der Waals surface area contributed by atoms with Crippen LogP contribution in [0.3, 0.4) is 0 Å². The molecule has 0 atom stereocenters. The van der Waals surface area contributed by atoms with Crippen LogP contribution in [0.5, 0.6) is 0 Å². The lowest BCUT2D eigenvalue weighted by Gasteiger charge is -2.15. The van der Waals surface area contributed by atoms with Gasteiger partial charge >= 0.3 is 0 Å². The van der Waals surface area contributed by atoms with E-state index in [0.717, 1.165) is 35.2 Å². The Kier molecular flexibility index (Phi) is 7.21. The number of nitrogens with one attached hydrogen (secondary N) is 1. The molecule has 1 aliphatic carbocycles. The Morgan fingerprint density at radius 1 is 1.21 bits per heavy atom. The number of carbonyl (C=O) groups excluding carboxylic acids is 1. The van der Waals surface area contributed by atoms with Crippen molar-refractivity contribution in [1.29, 1.82) is 0 Å². The number of hydrogen-bond donors (Lipinski definition) is 1. The molecule has 1 saturated carbocycles. The number of nitrogens with zero attached hydrogens (tertiary/aromatic N) is 6. The van der Waals surface area contributed by atoms with E-state index in [9.17, 15) is 14.0 Å². The molecule has 3 aromatic heterocycles. The molecule has 0 unspecified atom stereocenters. The number of anilines is 1. The van der Waals surface area contributed by atoms with E-state index in [0.29, 0.717) is 23.8 Å². The fourth-order valence-corrected chi connectivity index (χ4v) is 4.61. The van der Waals surface area contributed by atoms with Gasteiger partial charge < -0.3 is 19.4 Å². The Balaban J connectivity index is 1.56. The highest BCUT2D eigenvalue weighted by molar-refractivity contribution is 6.04. The van der Waals surface area contributed by atoms with E-state index >= 15 is 0 Å². The van der Waals surface area contributed by atoms with Crippen LogP contribution in [0.15, 0.2) is 66.4 Å². The second-order valence-corrected chi connectivity index (χ2v) is 10.1. The number of hydrogen-bond acceptors (Lipinski definition) is 6. The molecule has 200 valence electrons. The van der Waals surface area contributed by atoms with Crippen molar-refractivity contribution in [1.82, 2.24) is 29.2 Å². The summed E-state index contributed by atoms with van der Waals surface area (Å²) in [5.74, 6) is 0.181. The van der Waals surface area contributed by atoms with E-state index in [2.05, 4.69) is 22.1 Å². The van der Waals surface area contributed by atoms with Gasteiger partial charge in [-0.3, -0.25) is 9.59 Å². The number of aromatic nitrogens is 5. The van der Waals surface area contributed by atoms with Crippen LogP contribution in [-0.2, 0) is 20.1 Å². The second kappa shape index (κ2) is 10.7. The molecule has 39 heavy (non-hydrogen) atoms. The van der Waals surface area contributed by atoms with Crippen LogP contribution in [0.2, 0.25) is 0 Å². The van der Waals surface area contributed by atoms with Crippen LogP contribution in [0, 0.1) is 5.82 Å². The van der Waals surface area contributed by atoms with Crippen LogP contribution < -0.4 is 10.9 Å². The monoisotopic (exact) mass is 527 g/mol. The zero-order valence-electron chi connectivity index (χ0n) is 22.2. The van der Waals surface area contributed by atoms with Crippen molar-refractivity contribution in [3.8, 4) is 22.5 Å². The van der Waals surface area contributed by atoms with E-state index < -0.39 is 17.3 Å². The summed E-state index contributed by atoms with van der Waals surface area (Å²) in [4.78, 5) is 33.2. The predicted molar refractivity (Wildman–Crippen MR) is 148 cm³/mol. The van der Waals surface area contributed by atoms with Gasteiger partial charge in [0.1, 0.15) is 23.5 Å². The molecule has 1 amide bonds. The van der Waals surface area contributed by atoms with Crippen molar-refractivity contribution >= 4 is 11.7 Å². The van der Waals surface area contributed by atoms with E-state index in [-0.39, 0.29) is 18.0 Å². The highest BCUT2D eigenvalue weighted by Gasteiger charge is 2.27. The number of pyridine rings is 2. The molecule has 3 heterocycles. The predicted octanol–water partition coefficient (Wildman–Crippen LogP) is 4.22. The first-order valence-electron chi connectivity index (χ1n) is 12.7. The summed E-state index contributed by atoms with van der Waals surface area (Å²) in [6, 6.07) is 9.83. The van der Waals surface area contributed by atoms with Crippen LogP contribution in [0.1, 0.15) is 40.4 Å². The second-order valence-electron chi connectivity index (χ2n) is 10.1. The van der Waals surface area contributed by atoms with Crippen molar-refractivity contribution in [2.45, 2.75) is 31.8 Å². The number of aryl methyl sites for hydroxylation is 1. The zero-order valence-corrected chi connectivity index (χ0v) is 22.2. The lowest BCUT2D eigenvalue weighted by atomic mass is 9.98. The Morgan fingerprint density at radius 3 is 2.67 bits per heavy atom. The van der Waals surface area contributed by atoms with Gasteiger partial charge in [0.15, 0.2) is 5.82 Å². The van der Waals surface area contributed by atoms with Crippen molar-refractivity contribution in [2.24, 2.45) is 7.05 Å². The molecule has 1 fully saturated rings. The molecule has 0 radical (unpaired) electrons. The molecule has 5 rings (SSSR count). The fraction of sp³-hybridized carbons (Fsp3) is 0.276. The lowest BCUT2D eigenvalue weighted by Crippen LogP contribution is -2.30. The summed E-state index contributed by atoms with van der Waals surface area (Å²) in [6.45, 7) is 4.57. The number of amides is 1. The standard InChI is InChI=1S/C29H30FN7O2/c1-5-10-37-16-18(15-35(2)3)11-24(29(37)39)28(38)33-26-13-20(12-25(32-26)19-6-7-19)22-9-8-21(30)14-23(22)27-34-31-17-36(27)4/h5,8-9,11-14,16-17,19H,1,6-7,10,15H2,2-4H3,(H,32,33,38). The zero-order chi connectivity index (χ0) is 27.7. The maximum Gasteiger partial charge on any atom is 0.263 e. The van der Waals surface area contributed by atoms with Crippen LogP contribution in [-0.4, -0.2) is 49.2 Å². The average Bonchev–Trinajstić information content (AvgIpc) is 3.66. The molecule has 9 nitrogen and oxygen atoms in total. The Morgan fingerprint density at radius 2 is 2.00 bits per heavy atom. The van der Waals surface area contributed by atoms with Gasteiger partial charge in [0.05, 0.1) is 0 Å². The van der Waals surface area contributed by atoms with Crippen molar-refractivity contribution in [2.75, 3.05) is 19.4 Å². The number of carbonyl (C=O) groups is 1. The number of rotatable bonds is 9. The molecule has 1 aromatic carbocycles. The highest BCUT2D eigenvalue weighted by atomic mass is 19.1. The van der Waals surface area contributed by atoms with Crippen LogP contribution in [0.25, 0.3) is 22.5 Å². The summed E-state index contributed by atoms with van der Waals surface area (Å²) >= 11 is 0. The van der Waals surface area contributed by atoms with Crippen LogP contribution in [0.4, 0.5) is 10.2 Å². The topological polar surface area (TPSA) is 97.9 Å². The van der Waals surface area contributed by atoms with Crippen molar-refractivity contribution in [3.63, 3.8) is 0 Å². The van der Waals surface area contributed by atoms with E-state index in [4.69, 9.17) is 4.98 Å². The Hall–Kier alpha value is -4.44. The van der Waals surface area contributed by atoms with Gasteiger partial charge in [-0.05, 0) is 74.0 Å². The van der Waals surface area contributed by atoms with Gasteiger partial charge in [0.2, 0.25) is 0 Å². The van der Waals surface area contributed by atoms with Gasteiger partial charge in [0, 0.05) is 43.5 Å². The third-order valence-electron chi connectivity index (χ3n) is 6.54. The molecule has 0 bridgehead atoms. The molecule has 1 aliphatic rings. The number of allylic oxidation sites excluding steroid dienone is 1. The van der Waals surface area contributed by atoms with Crippen molar-refractivity contribution in [3.05, 3.63) is 94.6 Å². The molecule has 10 heteroatoms. The van der Waals surface area contributed by atoms with Gasteiger partial charge in [0.25, 0.3) is 11.5 Å².